The van der Waals surface area contributed by atoms with Gasteiger partial charge in [-0.1, -0.05) is 41.6 Å². The van der Waals surface area contributed by atoms with Crippen LogP contribution in [-0.2, 0) is 5.75 Å². The number of oxazole rings is 1. The summed E-state index contributed by atoms with van der Waals surface area (Å²) >= 11 is 7.50. The van der Waals surface area contributed by atoms with Gasteiger partial charge in [0.05, 0.1) is 0 Å². The molecule has 3 aromatic rings. The molecule has 0 radical (unpaired) electrons. The van der Waals surface area contributed by atoms with Crippen molar-refractivity contribution in [3.05, 3.63) is 53.3 Å². The minimum Gasteiger partial charge on any atom is -0.431 e. The van der Waals surface area contributed by atoms with Crippen molar-refractivity contribution in [3.63, 3.8) is 0 Å². The van der Waals surface area contributed by atoms with Crippen molar-refractivity contribution in [2.75, 3.05) is 0 Å². The Morgan fingerprint density at radius 2 is 2.06 bits per heavy atom. The molecule has 2 heterocycles. The Morgan fingerprint density at radius 1 is 1.17 bits per heavy atom. The van der Waals surface area contributed by atoms with E-state index in [1.807, 2.05) is 36.4 Å². The van der Waals surface area contributed by atoms with E-state index in [4.69, 9.17) is 16.0 Å². The second-order valence-corrected chi connectivity index (χ2v) is 4.97. The van der Waals surface area contributed by atoms with Crippen molar-refractivity contribution in [2.24, 2.45) is 0 Å². The van der Waals surface area contributed by atoms with Gasteiger partial charge in [-0.25, -0.2) is 9.97 Å². The highest BCUT2D eigenvalue weighted by atomic mass is 35.5. The molecule has 0 unspecified atom stereocenters. The summed E-state index contributed by atoms with van der Waals surface area (Å²) in [5.41, 5.74) is 2.65. The van der Waals surface area contributed by atoms with E-state index in [9.17, 15) is 0 Å². The van der Waals surface area contributed by atoms with Crippen LogP contribution in [0.3, 0.4) is 0 Å². The number of pyridine rings is 1. The van der Waals surface area contributed by atoms with Gasteiger partial charge in [-0.05, 0) is 23.8 Å². The Kier molecular flexibility index (Phi) is 3.21. The molecule has 5 heteroatoms. The molecule has 0 bridgehead atoms. The summed E-state index contributed by atoms with van der Waals surface area (Å²) < 4.78 is 5.62. The van der Waals surface area contributed by atoms with Gasteiger partial charge in [0, 0.05) is 11.9 Å². The molecule has 0 saturated carbocycles. The Hall–Kier alpha value is -1.52. The van der Waals surface area contributed by atoms with Gasteiger partial charge in [-0.15, -0.1) is 0 Å². The number of benzene rings is 1. The smallest absolute Gasteiger partial charge is 0.257 e. The fourth-order valence-corrected chi connectivity index (χ4v) is 2.67. The van der Waals surface area contributed by atoms with Crippen molar-refractivity contribution >= 4 is 34.5 Å². The van der Waals surface area contributed by atoms with Crippen molar-refractivity contribution in [1.82, 2.24) is 9.97 Å². The number of rotatable bonds is 3. The van der Waals surface area contributed by atoms with Gasteiger partial charge in [-0.3, -0.25) is 0 Å². The molecule has 90 valence electrons. The zero-order valence-corrected chi connectivity index (χ0v) is 10.9. The molecule has 18 heavy (non-hydrogen) atoms. The fraction of sp³-hybridized carbons (Fsp3) is 0.0769. The summed E-state index contributed by atoms with van der Waals surface area (Å²) in [4.78, 5) is 8.43. The number of para-hydroxylation sites is 2. The first kappa shape index (κ1) is 11.6. The lowest BCUT2D eigenvalue weighted by Crippen LogP contribution is -1.84. The maximum absolute atomic E-state index is 5.99. The highest BCUT2D eigenvalue weighted by Crippen LogP contribution is 2.27. The molecule has 0 aliphatic carbocycles. The molecule has 0 spiro atoms. The van der Waals surface area contributed by atoms with Crippen molar-refractivity contribution in [1.29, 1.82) is 0 Å². The summed E-state index contributed by atoms with van der Waals surface area (Å²) in [5, 5.41) is 1.18. The minimum atomic E-state index is 0.529. The normalized spacial score (nSPS) is 10.9. The molecule has 0 aliphatic rings. The molecular formula is C13H9ClN2OS. The Bertz CT molecular complexity index is 650. The van der Waals surface area contributed by atoms with E-state index in [2.05, 4.69) is 9.97 Å². The summed E-state index contributed by atoms with van der Waals surface area (Å²) in [6, 6.07) is 11.5. The van der Waals surface area contributed by atoms with Crippen LogP contribution in [0, 0.1) is 0 Å². The van der Waals surface area contributed by atoms with Crippen LogP contribution in [0.25, 0.3) is 11.1 Å². The van der Waals surface area contributed by atoms with E-state index >= 15 is 0 Å². The van der Waals surface area contributed by atoms with E-state index in [-0.39, 0.29) is 0 Å². The molecule has 1 aromatic carbocycles. The van der Waals surface area contributed by atoms with Crippen LogP contribution < -0.4 is 0 Å². The van der Waals surface area contributed by atoms with Gasteiger partial charge in [0.25, 0.3) is 5.22 Å². The summed E-state index contributed by atoms with van der Waals surface area (Å²) in [7, 11) is 0. The number of thioether (sulfide) groups is 1. The first-order valence-electron chi connectivity index (χ1n) is 5.41. The third-order valence-electron chi connectivity index (χ3n) is 2.46. The van der Waals surface area contributed by atoms with Gasteiger partial charge in [-0.2, -0.15) is 0 Å². The molecule has 0 aliphatic heterocycles. The second kappa shape index (κ2) is 5.00. The molecule has 0 saturated heterocycles. The standard InChI is InChI=1S/C13H9ClN2OS/c14-12-9(4-3-7-15-12)8-18-13-16-10-5-1-2-6-11(10)17-13/h1-7H,8H2. The van der Waals surface area contributed by atoms with Crippen LogP contribution >= 0.6 is 23.4 Å². The lowest BCUT2D eigenvalue weighted by molar-refractivity contribution is 0.489. The predicted octanol–water partition coefficient (Wildman–Crippen LogP) is 4.17. The summed E-state index contributed by atoms with van der Waals surface area (Å²) in [6.45, 7) is 0. The number of fused-ring (bicyclic) bond motifs is 1. The van der Waals surface area contributed by atoms with Crippen LogP contribution in [-0.4, -0.2) is 9.97 Å². The number of nitrogens with zero attached hydrogens (tertiary/aromatic N) is 2. The number of aromatic nitrogens is 2. The SMILES string of the molecule is Clc1ncccc1CSc1nc2ccccc2o1. The quantitative estimate of drug-likeness (QED) is 0.532. The average molecular weight is 277 g/mol. The van der Waals surface area contributed by atoms with Gasteiger partial charge < -0.3 is 4.42 Å². The maximum Gasteiger partial charge on any atom is 0.257 e. The third kappa shape index (κ3) is 2.35. The van der Waals surface area contributed by atoms with Gasteiger partial charge in [0.15, 0.2) is 5.58 Å². The molecule has 0 amide bonds. The molecule has 2 aromatic heterocycles. The zero-order valence-electron chi connectivity index (χ0n) is 9.34. The monoisotopic (exact) mass is 276 g/mol. The first-order chi connectivity index (χ1) is 8.83. The average Bonchev–Trinajstić information content (AvgIpc) is 2.80. The van der Waals surface area contributed by atoms with E-state index in [1.165, 1.54) is 11.8 Å². The highest BCUT2D eigenvalue weighted by Gasteiger charge is 2.07. The third-order valence-corrected chi connectivity index (χ3v) is 3.68. The van der Waals surface area contributed by atoms with Gasteiger partial charge >= 0.3 is 0 Å². The molecular weight excluding hydrogens is 268 g/mol. The van der Waals surface area contributed by atoms with Crippen molar-refractivity contribution in [3.8, 4) is 0 Å². The predicted molar refractivity (Wildman–Crippen MR) is 72.8 cm³/mol. The van der Waals surface area contributed by atoms with Crippen molar-refractivity contribution < 1.29 is 4.42 Å². The Labute approximate surface area is 113 Å². The van der Waals surface area contributed by atoms with Crippen LogP contribution in [0.4, 0.5) is 0 Å². The number of hydrogen-bond donors (Lipinski definition) is 0. The van der Waals surface area contributed by atoms with Crippen LogP contribution in [0.2, 0.25) is 5.15 Å². The van der Waals surface area contributed by atoms with E-state index in [1.54, 1.807) is 6.20 Å². The molecule has 0 fully saturated rings. The Morgan fingerprint density at radius 3 is 2.89 bits per heavy atom. The van der Waals surface area contributed by atoms with Gasteiger partial charge in [0.2, 0.25) is 0 Å². The topological polar surface area (TPSA) is 38.9 Å². The van der Waals surface area contributed by atoms with E-state index in [0.29, 0.717) is 16.1 Å². The lowest BCUT2D eigenvalue weighted by atomic mass is 10.3. The summed E-state index contributed by atoms with van der Waals surface area (Å²) in [6.07, 6.45) is 1.68. The second-order valence-electron chi connectivity index (χ2n) is 3.69. The zero-order chi connectivity index (χ0) is 12.4. The van der Waals surface area contributed by atoms with Crippen LogP contribution in [0.5, 0.6) is 0 Å². The molecule has 0 atom stereocenters. The highest BCUT2D eigenvalue weighted by molar-refractivity contribution is 7.98. The maximum atomic E-state index is 5.99. The van der Waals surface area contributed by atoms with Gasteiger partial charge in [0.1, 0.15) is 10.7 Å². The minimum absolute atomic E-state index is 0.529. The van der Waals surface area contributed by atoms with E-state index in [0.717, 1.165) is 16.7 Å². The molecule has 0 N–H and O–H groups in total. The number of hydrogen-bond acceptors (Lipinski definition) is 4. The van der Waals surface area contributed by atoms with Crippen molar-refractivity contribution in [2.45, 2.75) is 11.0 Å². The molecule has 3 nitrogen and oxygen atoms in total. The fourth-order valence-electron chi connectivity index (χ4n) is 1.58. The largest absolute Gasteiger partial charge is 0.431 e. The van der Waals surface area contributed by atoms with Crippen LogP contribution in [0.15, 0.2) is 52.2 Å². The molecule has 3 rings (SSSR count). The van der Waals surface area contributed by atoms with Crippen LogP contribution in [0.1, 0.15) is 5.56 Å². The number of halogens is 1. The summed E-state index contributed by atoms with van der Waals surface area (Å²) in [5.74, 6) is 0.694. The van der Waals surface area contributed by atoms with E-state index < -0.39 is 0 Å². The first-order valence-corrected chi connectivity index (χ1v) is 6.77. The lowest BCUT2D eigenvalue weighted by Gasteiger charge is -1.99. The Balaban J connectivity index is 1.79.